The standard InChI is InChI=1S/C15H18FN3O/c1-10-11(2)18-19(12(10)3)9-8-15(20)17-14-6-4-13(16)5-7-14/h4-7H,8-9H2,1-3H3,(H,17,20). The van der Waals surface area contributed by atoms with Gasteiger partial charge in [-0.3, -0.25) is 9.48 Å². The number of halogens is 1. The van der Waals surface area contributed by atoms with Gasteiger partial charge < -0.3 is 5.32 Å². The summed E-state index contributed by atoms with van der Waals surface area (Å²) >= 11 is 0. The van der Waals surface area contributed by atoms with Crippen molar-refractivity contribution in [1.29, 1.82) is 0 Å². The Bertz CT molecular complexity index is 617. The van der Waals surface area contributed by atoms with Crippen molar-refractivity contribution < 1.29 is 9.18 Å². The molecule has 0 spiro atoms. The van der Waals surface area contributed by atoms with Gasteiger partial charge >= 0.3 is 0 Å². The summed E-state index contributed by atoms with van der Waals surface area (Å²) in [6.07, 6.45) is 0.332. The second kappa shape index (κ2) is 5.86. The normalized spacial score (nSPS) is 10.6. The molecule has 4 nitrogen and oxygen atoms in total. The summed E-state index contributed by atoms with van der Waals surface area (Å²) in [5.41, 5.74) is 3.82. The molecule has 0 aliphatic carbocycles. The van der Waals surface area contributed by atoms with Gasteiger partial charge in [0.2, 0.25) is 5.91 Å². The van der Waals surface area contributed by atoms with E-state index in [9.17, 15) is 9.18 Å². The topological polar surface area (TPSA) is 46.9 Å². The predicted molar refractivity (Wildman–Crippen MR) is 76.1 cm³/mol. The van der Waals surface area contributed by atoms with E-state index in [-0.39, 0.29) is 11.7 Å². The Kier molecular flexibility index (Phi) is 4.17. The molecule has 0 saturated heterocycles. The van der Waals surface area contributed by atoms with E-state index in [0.717, 1.165) is 17.0 Å². The van der Waals surface area contributed by atoms with E-state index < -0.39 is 0 Å². The zero-order chi connectivity index (χ0) is 14.7. The van der Waals surface area contributed by atoms with E-state index in [2.05, 4.69) is 10.4 Å². The fourth-order valence-corrected chi connectivity index (χ4v) is 1.97. The van der Waals surface area contributed by atoms with Gasteiger partial charge in [0.05, 0.1) is 5.69 Å². The van der Waals surface area contributed by atoms with Crippen molar-refractivity contribution in [2.24, 2.45) is 0 Å². The summed E-state index contributed by atoms with van der Waals surface area (Å²) < 4.78 is 14.6. The van der Waals surface area contributed by atoms with Crippen molar-refractivity contribution in [3.8, 4) is 0 Å². The zero-order valence-electron chi connectivity index (χ0n) is 11.9. The van der Waals surface area contributed by atoms with E-state index in [1.807, 2.05) is 25.5 Å². The van der Waals surface area contributed by atoms with E-state index in [4.69, 9.17) is 0 Å². The van der Waals surface area contributed by atoms with Crippen LogP contribution in [0.5, 0.6) is 0 Å². The summed E-state index contributed by atoms with van der Waals surface area (Å²) in [5.74, 6) is -0.428. The van der Waals surface area contributed by atoms with Crippen LogP contribution in [0.2, 0.25) is 0 Å². The number of aromatic nitrogens is 2. The summed E-state index contributed by atoms with van der Waals surface area (Å²) in [5, 5.41) is 7.12. The van der Waals surface area contributed by atoms with Crippen LogP contribution in [0.4, 0.5) is 10.1 Å². The second-order valence-electron chi connectivity index (χ2n) is 4.82. The molecular formula is C15H18FN3O. The molecule has 0 radical (unpaired) electrons. The number of nitrogens with one attached hydrogen (secondary N) is 1. The lowest BCUT2D eigenvalue weighted by atomic mass is 10.2. The highest BCUT2D eigenvalue weighted by atomic mass is 19.1. The molecule has 1 N–H and O–H groups in total. The van der Waals surface area contributed by atoms with E-state index in [0.29, 0.717) is 18.7 Å². The maximum atomic E-state index is 12.8. The molecule has 1 aromatic heterocycles. The third-order valence-corrected chi connectivity index (χ3v) is 3.42. The van der Waals surface area contributed by atoms with Crippen LogP contribution in [0.3, 0.4) is 0 Å². The van der Waals surface area contributed by atoms with Crippen molar-refractivity contribution in [2.75, 3.05) is 5.32 Å². The van der Waals surface area contributed by atoms with Crippen molar-refractivity contribution in [1.82, 2.24) is 9.78 Å². The fraction of sp³-hybridized carbons (Fsp3) is 0.333. The summed E-state index contributed by atoms with van der Waals surface area (Å²) in [4.78, 5) is 11.8. The van der Waals surface area contributed by atoms with Crippen LogP contribution in [0.1, 0.15) is 23.4 Å². The Balaban J connectivity index is 1.92. The highest BCUT2D eigenvalue weighted by Gasteiger charge is 2.09. The van der Waals surface area contributed by atoms with Gasteiger partial charge in [-0.1, -0.05) is 0 Å². The molecule has 1 amide bonds. The number of carbonyl (C=O) groups excluding carboxylic acids is 1. The molecule has 1 aromatic carbocycles. The molecule has 0 aliphatic heterocycles. The highest BCUT2D eigenvalue weighted by molar-refractivity contribution is 5.90. The number of aryl methyl sites for hydroxylation is 2. The van der Waals surface area contributed by atoms with Gasteiger partial charge in [0.1, 0.15) is 5.82 Å². The van der Waals surface area contributed by atoms with Crippen LogP contribution in [0.15, 0.2) is 24.3 Å². The number of hydrogen-bond acceptors (Lipinski definition) is 2. The Morgan fingerprint density at radius 1 is 1.25 bits per heavy atom. The number of amides is 1. The summed E-state index contributed by atoms with van der Waals surface area (Å²) in [6.45, 7) is 6.50. The number of hydrogen-bond donors (Lipinski definition) is 1. The molecule has 1 heterocycles. The third kappa shape index (κ3) is 3.23. The van der Waals surface area contributed by atoms with E-state index in [1.54, 1.807) is 12.1 Å². The first-order valence-electron chi connectivity index (χ1n) is 6.53. The Morgan fingerprint density at radius 2 is 1.90 bits per heavy atom. The van der Waals surface area contributed by atoms with Crippen LogP contribution in [-0.2, 0) is 11.3 Å². The molecule has 20 heavy (non-hydrogen) atoms. The quantitative estimate of drug-likeness (QED) is 0.932. The molecule has 0 unspecified atom stereocenters. The maximum Gasteiger partial charge on any atom is 0.226 e. The number of nitrogens with zero attached hydrogens (tertiary/aromatic N) is 2. The molecular weight excluding hydrogens is 257 g/mol. The monoisotopic (exact) mass is 275 g/mol. The van der Waals surface area contributed by atoms with Gasteiger partial charge in [-0.2, -0.15) is 5.10 Å². The van der Waals surface area contributed by atoms with E-state index >= 15 is 0 Å². The Labute approximate surface area is 117 Å². The van der Waals surface area contributed by atoms with Gasteiger partial charge in [0.25, 0.3) is 0 Å². The van der Waals surface area contributed by atoms with Crippen molar-refractivity contribution >= 4 is 11.6 Å². The lowest BCUT2D eigenvalue weighted by molar-refractivity contribution is -0.116. The molecule has 2 aromatic rings. The maximum absolute atomic E-state index is 12.8. The first kappa shape index (κ1) is 14.2. The lowest BCUT2D eigenvalue weighted by Crippen LogP contribution is -2.15. The van der Waals surface area contributed by atoms with Crippen LogP contribution in [0.25, 0.3) is 0 Å². The molecule has 2 rings (SSSR count). The third-order valence-electron chi connectivity index (χ3n) is 3.42. The van der Waals surface area contributed by atoms with Crippen molar-refractivity contribution in [2.45, 2.75) is 33.7 Å². The SMILES string of the molecule is Cc1nn(CCC(=O)Nc2ccc(F)cc2)c(C)c1C. The molecule has 106 valence electrons. The van der Waals surface area contributed by atoms with Crippen LogP contribution < -0.4 is 5.32 Å². The summed E-state index contributed by atoms with van der Waals surface area (Å²) in [7, 11) is 0. The lowest BCUT2D eigenvalue weighted by Gasteiger charge is -2.06. The molecule has 0 saturated carbocycles. The van der Waals surface area contributed by atoms with Crippen molar-refractivity contribution in [3.05, 3.63) is 47.0 Å². The fourth-order valence-electron chi connectivity index (χ4n) is 1.97. The average molecular weight is 275 g/mol. The summed E-state index contributed by atoms with van der Waals surface area (Å²) in [6, 6.07) is 5.72. The van der Waals surface area contributed by atoms with E-state index in [1.165, 1.54) is 12.1 Å². The largest absolute Gasteiger partial charge is 0.326 e. The number of anilines is 1. The number of benzene rings is 1. The minimum Gasteiger partial charge on any atom is -0.326 e. The Hall–Kier alpha value is -2.17. The van der Waals surface area contributed by atoms with Crippen LogP contribution >= 0.6 is 0 Å². The van der Waals surface area contributed by atoms with Crippen LogP contribution in [0, 0.1) is 26.6 Å². The number of rotatable bonds is 4. The minimum absolute atomic E-state index is 0.109. The second-order valence-corrected chi connectivity index (χ2v) is 4.82. The average Bonchev–Trinajstić information content (AvgIpc) is 2.66. The van der Waals surface area contributed by atoms with Gasteiger partial charge in [0, 0.05) is 24.3 Å². The van der Waals surface area contributed by atoms with Gasteiger partial charge in [-0.15, -0.1) is 0 Å². The number of carbonyl (C=O) groups is 1. The van der Waals surface area contributed by atoms with Gasteiger partial charge in [0.15, 0.2) is 0 Å². The first-order valence-corrected chi connectivity index (χ1v) is 6.53. The van der Waals surface area contributed by atoms with Crippen molar-refractivity contribution in [3.63, 3.8) is 0 Å². The first-order chi connectivity index (χ1) is 9.47. The highest BCUT2D eigenvalue weighted by Crippen LogP contribution is 2.12. The van der Waals surface area contributed by atoms with Gasteiger partial charge in [-0.25, -0.2) is 4.39 Å². The van der Waals surface area contributed by atoms with Gasteiger partial charge in [-0.05, 0) is 50.6 Å². The molecule has 0 bridgehead atoms. The molecule has 0 aliphatic rings. The molecule has 0 fully saturated rings. The molecule has 5 heteroatoms. The Morgan fingerprint density at radius 3 is 2.45 bits per heavy atom. The molecule has 0 atom stereocenters. The van der Waals surface area contributed by atoms with Crippen LogP contribution in [-0.4, -0.2) is 15.7 Å². The minimum atomic E-state index is -0.318. The zero-order valence-corrected chi connectivity index (χ0v) is 11.9. The predicted octanol–water partition coefficient (Wildman–Crippen LogP) is 2.98. The smallest absolute Gasteiger partial charge is 0.226 e.